The Bertz CT molecular complexity index is 1120. The van der Waals surface area contributed by atoms with Crippen LogP contribution in [0.2, 0.25) is 0 Å². The Hall–Kier alpha value is -3.08. The van der Waals surface area contributed by atoms with Gasteiger partial charge >= 0.3 is 6.18 Å². The molecule has 0 aromatic heterocycles. The average Bonchev–Trinajstić information content (AvgIpc) is 2.82. The van der Waals surface area contributed by atoms with E-state index in [2.05, 4.69) is 5.32 Å². The van der Waals surface area contributed by atoms with Crippen molar-refractivity contribution < 1.29 is 31.2 Å². The number of nitrogens with one attached hydrogen (secondary N) is 1. The van der Waals surface area contributed by atoms with Crippen LogP contribution in [0.3, 0.4) is 0 Å². The van der Waals surface area contributed by atoms with Gasteiger partial charge in [-0.05, 0) is 43.0 Å². The van der Waals surface area contributed by atoms with Crippen LogP contribution in [-0.2, 0) is 32.2 Å². The Morgan fingerprint density at radius 2 is 1.69 bits per heavy atom. The van der Waals surface area contributed by atoms with Gasteiger partial charge in [-0.25, -0.2) is 8.42 Å². The molecule has 0 spiro atoms. The predicted molar refractivity (Wildman–Crippen MR) is 133 cm³/mol. The highest BCUT2D eigenvalue weighted by molar-refractivity contribution is 7.92. The third-order valence-corrected chi connectivity index (χ3v) is 6.70. The van der Waals surface area contributed by atoms with Gasteiger partial charge in [0.1, 0.15) is 12.6 Å². The lowest BCUT2D eigenvalue weighted by Crippen LogP contribution is -2.53. The van der Waals surface area contributed by atoms with Crippen LogP contribution >= 0.6 is 0 Å². The minimum Gasteiger partial charge on any atom is -0.354 e. The molecule has 0 fully saturated rings. The molecule has 1 N–H and O–H groups in total. The van der Waals surface area contributed by atoms with Crippen molar-refractivity contribution >= 4 is 27.5 Å². The van der Waals surface area contributed by atoms with Gasteiger partial charge < -0.3 is 10.2 Å². The molecular weight excluding hydrogens is 495 g/mol. The van der Waals surface area contributed by atoms with Gasteiger partial charge in [-0.15, -0.1) is 0 Å². The standard InChI is InChI=1S/C25H32F3N3O4S/c1-4-15-29-24(33)22(5-2)30(16-14-19-10-7-6-8-11-19)23(32)18-31(36(3,34)35)21-13-9-12-20(17-21)25(26,27)28/h6-13,17,22H,4-5,14-16,18H2,1-3H3,(H,29,33)/t22-/m0/s1. The third kappa shape index (κ3) is 8.25. The number of carbonyl (C=O) groups excluding carboxylic acids is 2. The van der Waals surface area contributed by atoms with E-state index in [1.807, 2.05) is 37.3 Å². The quantitative estimate of drug-likeness (QED) is 0.454. The lowest BCUT2D eigenvalue weighted by atomic mass is 10.1. The Balaban J connectivity index is 2.40. The molecule has 0 saturated carbocycles. The normalized spacial score (nSPS) is 12.6. The minimum absolute atomic E-state index is 0.126. The highest BCUT2D eigenvalue weighted by Gasteiger charge is 2.34. The summed E-state index contributed by atoms with van der Waals surface area (Å²) < 4.78 is 65.4. The summed E-state index contributed by atoms with van der Waals surface area (Å²) in [4.78, 5) is 27.6. The number of benzene rings is 2. The highest BCUT2D eigenvalue weighted by atomic mass is 32.2. The summed E-state index contributed by atoms with van der Waals surface area (Å²) in [5.41, 5.74) is -0.406. The van der Waals surface area contributed by atoms with Crippen LogP contribution in [0.1, 0.15) is 37.8 Å². The number of hydrogen-bond acceptors (Lipinski definition) is 4. The fourth-order valence-electron chi connectivity index (χ4n) is 3.71. The molecule has 0 unspecified atom stereocenters. The fourth-order valence-corrected chi connectivity index (χ4v) is 4.55. The number of sulfonamides is 1. The molecule has 11 heteroatoms. The summed E-state index contributed by atoms with van der Waals surface area (Å²) >= 11 is 0. The second-order valence-electron chi connectivity index (χ2n) is 8.36. The van der Waals surface area contributed by atoms with Crippen LogP contribution in [0.4, 0.5) is 18.9 Å². The molecule has 2 rings (SSSR count). The van der Waals surface area contributed by atoms with Gasteiger partial charge in [-0.3, -0.25) is 13.9 Å². The highest BCUT2D eigenvalue weighted by Crippen LogP contribution is 2.32. The first-order chi connectivity index (χ1) is 16.9. The van der Waals surface area contributed by atoms with Crippen LogP contribution in [0, 0.1) is 0 Å². The van der Waals surface area contributed by atoms with Crippen molar-refractivity contribution in [2.75, 3.05) is 30.2 Å². The number of halogens is 3. The number of rotatable bonds is 12. The van der Waals surface area contributed by atoms with Crippen LogP contribution in [0.15, 0.2) is 54.6 Å². The molecule has 0 bridgehead atoms. The van der Waals surface area contributed by atoms with Crippen molar-refractivity contribution in [3.05, 3.63) is 65.7 Å². The maximum atomic E-state index is 13.5. The molecule has 2 aromatic rings. The zero-order valence-electron chi connectivity index (χ0n) is 20.6. The van der Waals surface area contributed by atoms with E-state index in [1.54, 1.807) is 6.92 Å². The zero-order valence-corrected chi connectivity index (χ0v) is 21.4. The van der Waals surface area contributed by atoms with E-state index in [0.29, 0.717) is 29.8 Å². The van der Waals surface area contributed by atoms with Crippen LogP contribution in [0.5, 0.6) is 0 Å². The first kappa shape index (κ1) is 29.2. The first-order valence-electron chi connectivity index (χ1n) is 11.6. The Morgan fingerprint density at radius 3 is 2.25 bits per heavy atom. The van der Waals surface area contributed by atoms with Crippen LogP contribution in [0.25, 0.3) is 0 Å². The van der Waals surface area contributed by atoms with Crippen molar-refractivity contribution in [3.63, 3.8) is 0 Å². The minimum atomic E-state index is -4.68. The molecule has 1 atom stereocenters. The number of carbonyl (C=O) groups is 2. The molecule has 0 heterocycles. The van der Waals surface area contributed by atoms with E-state index in [4.69, 9.17) is 0 Å². The summed E-state index contributed by atoms with van der Waals surface area (Å²) in [6.07, 6.45) is -2.49. The molecule has 36 heavy (non-hydrogen) atoms. The molecule has 7 nitrogen and oxygen atoms in total. The van der Waals surface area contributed by atoms with Gasteiger partial charge in [-0.1, -0.05) is 50.2 Å². The van der Waals surface area contributed by atoms with Gasteiger partial charge in [-0.2, -0.15) is 13.2 Å². The molecular formula is C25H32F3N3O4S. The summed E-state index contributed by atoms with van der Waals surface area (Å²) in [5.74, 6) is -1.06. The number of hydrogen-bond donors (Lipinski definition) is 1. The van der Waals surface area contributed by atoms with Gasteiger partial charge in [0.2, 0.25) is 21.8 Å². The molecule has 198 valence electrons. The van der Waals surface area contributed by atoms with Gasteiger partial charge in [0, 0.05) is 13.1 Å². The molecule has 0 radical (unpaired) electrons. The van der Waals surface area contributed by atoms with Crippen molar-refractivity contribution in [3.8, 4) is 0 Å². The van der Waals surface area contributed by atoms with Crippen LogP contribution < -0.4 is 9.62 Å². The Labute approximate surface area is 210 Å². The topological polar surface area (TPSA) is 86.8 Å². The number of anilines is 1. The summed E-state index contributed by atoms with van der Waals surface area (Å²) in [5, 5.41) is 2.77. The second kappa shape index (κ2) is 12.8. The van der Waals surface area contributed by atoms with E-state index in [1.165, 1.54) is 11.0 Å². The second-order valence-corrected chi connectivity index (χ2v) is 10.3. The number of alkyl halides is 3. The summed E-state index contributed by atoms with van der Waals surface area (Å²) in [6, 6.07) is 12.2. The van der Waals surface area contributed by atoms with Crippen molar-refractivity contribution in [2.45, 2.75) is 45.3 Å². The molecule has 2 amide bonds. The van der Waals surface area contributed by atoms with Gasteiger partial charge in [0.25, 0.3) is 0 Å². The van der Waals surface area contributed by atoms with Crippen molar-refractivity contribution in [2.24, 2.45) is 0 Å². The molecule has 0 aliphatic heterocycles. The first-order valence-corrected chi connectivity index (χ1v) is 13.5. The lowest BCUT2D eigenvalue weighted by molar-refractivity contribution is -0.139. The molecule has 0 aliphatic rings. The van der Waals surface area contributed by atoms with Crippen molar-refractivity contribution in [1.29, 1.82) is 0 Å². The number of nitrogens with zero attached hydrogens (tertiary/aromatic N) is 2. The Morgan fingerprint density at radius 1 is 1.03 bits per heavy atom. The zero-order chi connectivity index (χ0) is 26.9. The SMILES string of the molecule is CCCNC(=O)[C@H](CC)N(CCc1ccccc1)C(=O)CN(c1cccc(C(F)(F)F)c1)S(C)(=O)=O. The van der Waals surface area contributed by atoms with Gasteiger partial charge in [0.15, 0.2) is 0 Å². The largest absolute Gasteiger partial charge is 0.416 e. The van der Waals surface area contributed by atoms with E-state index >= 15 is 0 Å². The van der Waals surface area contributed by atoms with Gasteiger partial charge in [0.05, 0.1) is 17.5 Å². The van der Waals surface area contributed by atoms with Crippen molar-refractivity contribution in [1.82, 2.24) is 10.2 Å². The summed E-state index contributed by atoms with van der Waals surface area (Å²) in [7, 11) is -4.12. The maximum Gasteiger partial charge on any atom is 0.416 e. The summed E-state index contributed by atoms with van der Waals surface area (Å²) in [6.45, 7) is 3.42. The smallest absolute Gasteiger partial charge is 0.354 e. The lowest BCUT2D eigenvalue weighted by Gasteiger charge is -2.33. The molecule has 0 saturated heterocycles. The predicted octanol–water partition coefficient (Wildman–Crippen LogP) is 3.85. The van der Waals surface area contributed by atoms with E-state index in [0.717, 1.165) is 24.0 Å². The fraction of sp³-hybridized carbons (Fsp3) is 0.440. The Kier molecular flexibility index (Phi) is 10.3. The average molecular weight is 528 g/mol. The molecule has 0 aliphatic carbocycles. The monoisotopic (exact) mass is 527 g/mol. The van der Waals surface area contributed by atoms with E-state index in [-0.39, 0.29) is 24.6 Å². The third-order valence-electron chi connectivity index (χ3n) is 5.56. The maximum absolute atomic E-state index is 13.5. The van der Waals surface area contributed by atoms with E-state index in [9.17, 15) is 31.2 Å². The van der Waals surface area contributed by atoms with E-state index < -0.39 is 40.3 Å². The molecule has 2 aromatic carbocycles. The number of amides is 2. The van der Waals surface area contributed by atoms with Crippen LogP contribution in [-0.4, -0.2) is 57.1 Å².